The first kappa shape index (κ1) is 9.53. The van der Waals surface area contributed by atoms with Crippen LogP contribution in [0, 0.1) is 0 Å². The van der Waals surface area contributed by atoms with Gasteiger partial charge in [-0.3, -0.25) is 4.79 Å². The van der Waals surface area contributed by atoms with Gasteiger partial charge in [-0.15, -0.1) is 5.10 Å². The minimum atomic E-state index is -0.256. The predicted octanol–water partition coefficient (Wildman–Crippen LogP) is 0.768. The summed E-state index contributed by atoms with van der Waals surface area (Å²) in [6.45, 7) is 0. The summed E-state index contributed by atoms with van der Waals surface area (Å²) in [4.78, 5) is 15.4. The third kappa shape index (κ3) is 2.26. The molecule has 0 unspecified atom stereocenters. The Bertz CT molecular complexity index is 452. The van der Waals surface area contributed by atoms with Crippen LogP contribution < -0.4 is 11.1 Å². The van der Waals surface area contributed by atoms with Crippen molar-refractivity contribution in [3.63, 3.8) is 0 Å². The fourth-order valence-corrected chi connectivity index (χ4v) is 1.36. The highest BCUT2D eigenvalue weighted by Crippen LogP contribution is 2.11. The number of amides is 1. The SMILES string of the molecule is Nc1ccc(C(=O)Nc2cnns2)cn1. The Morgan fingerprint density at radius 3 is 2.87 bits per heavy atom. The number of aromatic nitrogens is 3. The van der Waals surface area contributed by atoms with Gasteiger partial charge < -0.3 is 11.1 Å². The zero-order chi connectivity index (χ0) is 10.7. The number of rotatable bonds is 2. The number of nitrogens with one attached hydrogen (secondary N) is 1. The summed E-state index contributed by atoms with van der Waals surface area (Å²) in [7, 11) is 0. The van der Waals surface area contributed by atoms with Crippen LogP contribution in [0.3, 0.4) is 0 Å². The molecule has 0 bridgehead atoms. The molecule has 2 aromatic rings. The molecule has 6 nitrogen and oxygen atoms in total. The van der Waals surface area contributed by atoms with E-state index in [0.717, 1.165) is 11.5 Å². The second-order valence-corrected chi connectivity index (χ2v) is 3.49. The largest absolute Gasteiger partial charge is 0.384 e. The lowest BCUT2D eigenvalue weighted by atomic mass is 10.2. The molecule has 0 radical (unpaired) electrons. The molecule has 7 heteroatoms. The van der Waals surface area contributed by atoms with E-state index in [4.69, 9.17) is 5.73 Å². The van der Waals surface area contributed by atoms with E-state index in [1.807, 2.05) is 0 Å². The van der Waals surface area contributed by atoms with Crippen LogP contribution in [0.1, 0.15) is 10.4 Å². The molecule has 76 valence electrons. The molecule has 0 saturated heterocycles. The highest BCUT2D eigenvalue weighted by Gasteiger charge is 2.07. The van der Waals surface area contributed by atoms with Crippen LogP contribution in [-0.4, -0.2) is 20.5 Å². The van der Waals surface area contributed by atoms with E-state index in [0.29, 0.717) is 16.4 Å². The molecular formula is C8H7N5OS. The highest BCUT2D eigenvalue weighted by atomic mass is 32.1. The van der Waals surface area contributed by atoms with Gasteiger partial charge in [-0.1, -0.05) is 4.49 Å². The van der Waals surface area contributed by atoms with Gasteiger partial charge in [0.2, 0.25) is 0 Å². The molecule has 0 aliphatic carbocycles. The summed E-state index contributed by atoms with van der Waals surface area (Å²) in [5.74, 6) is 0.125. The normalized spacial score (nSPS) is 9.87. The molecule has 0 aliphatic heterocycles. The van der Waals surface area contributed by atoms with E-state index in [2.05, 4.69) is 19.9 Å². The molecule has 2 aromatic heterocycles. The topological polar surface area (TPSA) is 93.8 Å². The molecule has 0 aliphatic rings. The number of pyridine rings is 1. The van der Waals surface area contributed by atoms with E-state index in [1.165, 1.54) is 12.4 Å². The monoisotopic (exact) mass is 221 g/mol. The van der Waals surface area contributed by atoms with Crippen molar-refractivity contribution in [1.29, 1.82) is 0 Å². The van der Waals surface area contributed by atoms with E-state index < -0.39 is 0 Å². The number of nitrogens with zero attached hydrogens (tertiary/aromatic N) is 3. The van der Waals surface area contributed by atoms with Gasteiger partial charge in [0.1, 0.15) is 10.8 Å². The van der Waals surface area contributed by atoms with Crippen LogP contribution >= 0.6 is 11.5 Å². The van der Waals surface area contributed by atoms with Crippen LogP contribution in [0.15, 0.2) is 24.5 Å². The number of nitrogen functional groups attached to an aromatic ring is 1. The molecular weight excluding hydrogens is 214 g/mol. The smallest absolute Gasteiger partial charge is 0.257 e. The molecule has 1 amide bonds. The summed E-state index contributed by atoms with van der Waals surface area (Å²) >= 11 is 1.11. The molecule has 2 rings (SSSR count). The summed E-state index contributed by atoms with van der Waals surface area (Å²) in [5, 5.41) is 6.83. The molecule has 0 aromatic carbocycles. The van der Waals surface area contributed by atoms with Crippen molar-refractivity contribution in [3.8, 4) is 0 Å². The Morgan fingerprint density at radius 1 is 1.40 bits per heavy atom. The third-order valence-electron chi connectivity index (χ3n) is 1.65. The van der Waals surface area contributed by atoms with Crippen molar-refractivity contribution in [2.75, 3.05) is 11.1 Å². The van der Waals surface area contributed by atoms with Gasteiger partial charge in [-0.2, -0.15) is 0 Å². The number of hydrogen-bond donors (Lipinski definition) is 2. The second kappa shape index (κ2) is 4.01. The fraction of sp³-hybridized carbons (Fsp3) is 0. The molecule has 0 fully saturated rings. The average molecular weight is 221 g/mol. The van der Waals surface area contributed by atoms with E-state index in [-0.39, 0.29) is 5.91 Å². The van der Waals surface area contributed by atoms with Gasteiger partial charge in [-0.05, 0) is 12.1 Å². The third-order valence-corrected chi connectivity index (χ3v) is 2.23. The zero-order valence-electron chi connectivity index (χ0n) is 7.54. The van der Waals surface area contributed by atoms with E-state index in [1.54, 1.807) is 12.1 Å². The predicted molar refractivity (Wildman–Crippen MR) is 56.5 cm³/mol. The van der Waals surface area contributed by atoms with Crippen LogP contribution in [0.2, 0.25) is 0 Å². The van der Waals surface area contributed by atoms with Crippen LogP contribution in [0.25, 0.3) is 0 Å². The van der Waals surface area contributed by atoms with Gasteiger partial charge in [0.05, 0.1) is 11.8 Å². The van der Waals surface area contributed by atoms with Crippen molar-refractivity contribution < 1.29 is 4.79 Å². The Labute approximate surface area is 89.3 Å². The molecule has 3 N–H and O–H groups in total. The Morgan fingerprint density at radius 2 is 2.27 bits per heavy atom. The molecule has 0 saturated carbocycles. The minimum absolute atomic E-state index is 0.256. The van der Waals surface area contributed by atoms with Crippen molar-refractivity contribution in [1.82, 2.24) is 14.6 Å². The van der Waals surface area contributed by atoms with Crippen molar-refractivity contribution >= 4 is 28.3 Å². The van der Waals surface area contributed by atoms with Gasteiger partial charge in [-0.25, -0.2) is 4.98 Å². The van der Waals surface area contributed by atoms with Crippen molar-refractivity contribution in [2.24, 2.45) is 0 Å². The van der Waals surface area contributed by atoms with Crippen molar-refractivity contribution in [2.45, 2.75) is 0 Å². The maximum absolute atomic E-state index is 11.6. The quantitative estimate of drug-likeness (QED) is 0.781. The van der Waals surface area contributed by atoms with Gasteiger partial charge in [0.15, 0.2) is 0 Å². The maximum atomic E-state index is 11.6. The average Bonchev–Trinajstić information content (AvgIpc) is 2.71. The Kier molecular flexibility index (Phi) is 2.55. The molecule has 0 atom stereocenters. The summed E-state index contributed by atoms with van der Waals surface area (Å²) in [6, 6.07) is 3.17. The lowest BCUT2D eigenvalue weighted by molar-refractivity contribution is 0.102. The number of nitrogens with two attached hydrogens (primary N) is 1. The summed E-state index contributed by atoms with van der Waals surface area (Å²) in [6.07, 6.45) is 2.90. The number of carbonyl (C=O) groups is 1. The molecule has 2 heterocycles. The van der Waals surface area contributed by atoms with Gasteiger partial charge in [0, 0.05) is 17.7 Å². The number of carbonyl (C=O) groups excluding carboxylic acids is 1. The summed E-state index contributed by atoms with van der Waals surface area (Å²) in [5.41, 5.74) is 5.84. The van der Waals surface area contributed by atoms with E-state index >= 15 is 0 Å². The lowest BCUT2D eigenvalue weighted by Gasteiger charge is -2.00. The van der Waals surface area contributed by atoms with Crippen LogP contribution in [0.4, 0.5) is 10.8 Å². The second-order valence-electron chi connectivity index (χ2n) is 2.71. The fourth-order valence-electron chi connectivity index (χ4n) is 0.946. The van der Waals surface area contributed by atoms with Crippen LogP contribution in [0.5, 0.6) is 0 Å². The number of anilines is 2. The molecule has 15 heavy (non-hydrogen) atoms. The number of hydrogen-bond acceptors (Lipinski definition) is 6. The van der Waals surface area contributed by atoms with Crippen LogP contribution in [-0.2, 0) is 0 Å². The zero-order valence-corrected chi connectivity index (χ0v) is 8.36. The van der Waals surface area contributed by atoms with E-state index in [9.17, 15) is 4.79 Å². The summed E-state index contributed by atoms with van der Waals surface area (Å²) < 4.78 is 3.62. The van der Waals surface area contributed by atoms with Gasteiger partial charge >= 0.3 is 0 Å². The first-order valence-corrected chi connectivity index (χ1v) is 4.83. The van der Waals surface area contributed by atoms with Crippen molar-refractivity contribution in [3.05, 3.63) is 30.1 Å². The first-order valence-electron chi connectivity index (χ1n) is 4.06. The Balaban J connectivity index is 2.11. The van der Waals surface area contributed by atoms with Gasteiger partial charge in [0.25, 0.3) is 5.91 Å². The standard InChI is InChI=1S/C8H7N5OS/c9-6-2-1-5(3-10-6)8(14)12-7-4-11-13-15-7/h1-4H,(H2,9,10)(H,12,14). The lowest BCUT2D eigenvalue weighted by Crippen LogP contribution is -2.11. The first-order chi connectivity index (χ1) is 7.25. The Hall–Kier alpha value is -2.02. The molecule has 0 spiro atoms. The minimum Gasteiger partial charge on any atom is -0.384 e. The maximum Gasteiger partial charge on any atom is 0.257 e. The highest BCUT2D eigenvalue weighted by molar-refractivity contribution is 7.10.